The molecule has 0 amide bonds. The number of aromatic hydroxyl groups is 1. The number of para-hydroxylation sites is 2. The normalized spacial score (nSPS) is 12.1. The van der Waals surface area contributed by atoms with Crippen LogP contribution in [0.5, 0.6) is 11.5 Å². The fourth-order valence-electron chi connectivity index (χ4n) is 2.26. The van der Waals surface area contributed by atoms with Gasteiger partial charge >= 0.3 is 0 Å². The highest BCUT2D eigenvalue weighted by molar-refractivity contribution is 6.32. The highest BCUT2D eigenvalue weighted by Crippen LogP contribution is 2.27. The Morgan fingerprint density at radius 1 is 1.14 bits per heavy atom. The van der Waals surface area contributed by atoms with Crippen LogP contribution in [-0.2, 0) is 13.0 Å². The average molecular weight is 306 g/mol. The number of benzene rings is 2. The van der Waals surface area contributed by atoms with Gasteiger partial charge < -0.3 is 15.2 Å². The SMILES string of the molecule is COc1ccccc1CC(C)NCc1cccc(Cl)c1O. The van der Waals surface area contributed by atoms with E-state index in [0.29, 0.717) is 11.6 Å². The van der Waals surface area contributed by atoms with E-state index in [2.05, 4.69) is 18.3 Å². The molecule has 2 aromatic carbocycles. The molecule has 0 aliphatic heterocycles. The quantitative estimate of drug-likeness (QED) is 0.853. The van der Waals surface area contributed by atoms with Crippen LogP contribution in [0, 0.1) is 0 Å². The first-order valence-electron chi connectivity index (χ1n) is 6.93. The summed E-state index contributed by atoms with van der Waals surface area (Å²) in [4.78, 5) is 0. The van der Waals surface area contributed by atoms with Crippen LogP contribution in [0.25, 0.3) is 0 Å². The fraction of sp³-hybridized carbons (Fsp3) is 0.294. The van der Waals surface area contributed by atoms with Crippen molar-refractivity contribution in [1.29, 1.82) is 0 Å². The van der Waals surface area contributed by atoms with Gasteiger partial charge in [0.25, 0.3) is 0 Å². The van der Waals surface area contributed by atoms with Crippen molar-refractivity contribution in [1.82, 2.24) is 5.32 Å². The van der Waals surface area contributed by atoms with Crippen molar-refractivity contribution in [3.63, 3.8) is 0 Å². The molecule has 0 bridgehead atoms. The smallest absolute Gasteiger partial charge is 0.138 e. The Morgan fingerprint density at radius 2 is 1.86 bits per heavy atom. The number of phenols is 1. The van der Waals surface area contributed by atoms with Crippen LogP contribution in [0.15, 0.2) is 42.5 Å². The maximum Gasteiger partial charge on any atom is 0.138 e. The van der Waals surface area contributed by atoms with Crippen molar-refractivity contribution < 1.29 is 9.84 Å². The average Bonchev–Trinajstić information content (AvgIpc) is 2.49. The molecule has 4 heteroatoms. The van der Waals surface area contributed by atoms with Gasteiger partial charge in [-0.1, -0.05) is 41.9 Å². The molecule has 0 fully saturated rings. The van der Waals surface area contributed by atoms with E-state index in [1.54, 1.807) is 13.2 Å². The van der Waals surface area contributed by atoms with Gasteiger partial charge in [0.15, 0.2) is 0 Å². The van der Waals surface area contributed by atoms with Crippen molar-refractivity contribution in [3.8, 4) is 11.5 Å². The van der Waals surface area contributed by atoms with Crippen molar-refractivity contribution >= 4 is 11.6 Å². The molecule has 0 spiro atoms. The molecule has 0 aliphatic rings. The Labute approximate surface area is 130 Å². The molecule has 0 saturated carbocycles. The zero-order chi connectivity index (χ0) is 15.2. The van der Waals surface area contributed by atoms with Gasteiger partial charge in [-0.25, -0.2) is 0 Å². The maximum atomic E-state index is 9.89. The number of phenolic OH excluding ortho intramolecular Hbond substituents is 1. The van der Waals surface area contributed by atoms with Gasteiger partial charge in [0.05, 0.1) is 12.1 Å². The van der Waals surface area contributed by atoms with E-state index in [1.165, 1.54) is 0 Å². The minimum atomic E-state index is 0.149. The van der Waals surface area contributed by atoms with Crippen molar-refractivity contribution in [3.05, 3.63) is 58.6 Å². The standard InChI is InChI=1S/C17H20ClNO2/c1-12(10-13-6-3-4-9-16(13)21-2)19-11-14-7-5-8-15(18)17(14)20/h3-9,12,19-20H,10-11H2,1-2H3. The van der Waals surface area contributed by atoms with Crippen LogP contribution >= 0.6 is 11.6 Å². The molecule has 0 heterocycles. The zero-order valence-electron chi connectivity index (χ0n) is 12.3. The molecule has 2 aromatic rings. The Bertz CT molecular complexity index is 601. The van der Waals surface area contributed by atoms with Crippen molar-refractivity contribution in [2.75, 3.05) is 7.11 Å². The summed E-state index contributed by atoms with van der Waals surface area (Å²) in [5, 5.41) is 13.7. The number of nitrogens with one attached hydrogen (secondary N) is 1. The minimum absolute atomic E-state index is 0.149. The van der Waals surface area contributed by atoms with Gasteiger partial charge in [-0.15, -0.1) is 0 Å². The first kappa shape index (κ1) is 15.7. The molecule has 21 heavy (non-hydrogen) atoms. The second kappa shape index (κ2) is 7.34. The van der Waals surface area contributed by atoms with Crippen LogP contribution in [0.1, 0.15) is 18.1 Å². The maximum absolute atomic E-state index is 9.89. The molecule has 3 nitrogen and oxygen atoms in total. The third-order valence-electron chi connectivity index (χ3n) is 3.43. The summed E-state index contributed by atoms with van der Waals surface area (Å²) in [5.41, 5.74) is 1.96. The summed E-state index contributed by atoms with van der Waals surface area (Å²) >= 11 is 5.90. The largest absolute Gasteiger partial charge is 0.506 e. The molecule has 2 rings (SSSR count). The van der Waals surface area contributed by atoms with Crippen LogP contribution < -0.4 is 10.1 Å². The number of halogens is 1. The molecular weight excluding hydrogens is 286 g/mol. The summed E-state index contributed by atoms with van der Waals surface area (Å²) in [6.07, 6.45) is 0.853. The molecule has 0 aliphatic carbocycles. The molecule has 0 aromatic heterocycles. The predicted molar refractivity (Wildman–Crippen MR) is 86.1 cm³/mol. The molecule has 1 atom stereocenters. The van der Waals surface area contributed by atoms with Gasteiger partial charge in [-0.2, -0.15) is 0 Å². The predicted octanol–water partition coefficient (Wildman–Crippen LogP) is 3.78. The van der Waals surface area contributed by atoms with Crippen LogP contribution in [-0.4, -0.2) is 18.3 Å². The van der Waals surface area contributed by atoms with Gasteiger partial charge in [0.2, 0.25) is 0 Å². The first-order chi connectivity index (χ1) is 10.1. The highest BCUT2D eigenvalue weighted by atomic mass is 35.5. The topological polar surface area (TPSA) is 41.5 Å². The first-order valence-corrected chi connectivity index (χ1v) is 7.31. The molecule has 0 saturated heterocycles. The molecule has 0 radical (unpaired) electrons. The van der Waals surface area contributed by atoms with E-state index in [9.17, 15) is 5.11 Å². The van der Waals surface area contributed by atoms with Gasteiger partial charge in [-0.3, -0.25) is 0 Å². The van der Waals surface area contributed by atoms with Gasteiger partial charge in [0, 0.05) is 18.2 Å². The lowest BCUT2D eigenvalue weighted by molar-refractivity contribution is 0.405. The number of hydrogen-bond acceptors (Lipinski definition) is 3. The van der Waals surface area contributed by atoms with E-state index in [-0.39, 0.29) is 11.8 Å². The lowest BCUT2D eigenvalue weighted by Gasteiger charge is -2.16. The number of methoxy groups -OCH3 is 1. The Hall–Kier alpha value is -1.71. The summed E-state index contributed by atoms with van der Waals surface area (Å²) in [5.74, 6) is 1.05. The lowest BCUT2D eigenvalue weighted by Crippen LogP contribution is -2.27. The van der Waals surface area contributed by atoms with E-state index in [0.717, 1.165) is 23.3 Å². The molecular formula is C17H20ClNO2. The zero-order valence-corrected chi connectivity index (χ0v) is 13.0. The van der Waals surface area contributed by atoms with Gasteiger partial charge in [0.1, 0.15) is 11.5 Å². The second-order valence-corrected chi connectivity index (χ2v) is 5.45. The van der Waals surface area contributed by atoms with Gasteiger partial charge in [-0.05, 0) is 31.0 Å². The summed E-state index contributed by atoms with van der Waals surface area (Å²) in [6.45, 7) is 2.68. The van der Waals surface area contributed by atoms with Crippen molar-refractivity contribution in [2.45, 2.75) is 25.9 Å². The van der Waals surface area contributed by atoms with Crippen LogP contribution in [0.2, 0.25) is 5.02 Å². The summed E-state index contributed by atoms with van der Waals surface area (Å²) < 4.78 is 5.36. The monoisotopic (exact) mass is 305 g/mol. The Balaban J connectivity index is 1.96. The third-order valence-corrected chi connectivity index (χ3v) is 3.73. The second-order valence-electron chi connectivity index (χ2n) is 5.05. The number of ether oxygens (including phenoxy) is 1. The van der Waals surface area contributed by atoms with Crippen LogP contribution in [0.4, 0.5) is 0 Å². The lowest BCUT2D eigenvalue weighted by atomic mass is 10.1. The fourth-order valence-corrected chi connectivity index (χ4v) is 2.45. The van der Waals surface area contributed by atoms with Crippen molar-refractivity contribution in [2.24, 2.45) is 0 Å². The number of hydrogen-bond donors (Lipinski definition) is 2. The highest BCUT2D eigenvalue weighted by Gasteiger charge is 2.10. The summed E-state index contributed by atoms with van der Waals surface area (Å²) in [7, 11) is 1.68. The minimum Gasteiger partial charge on any atom is -0.506 e. The van der Waals surface area contributed by atoms with E-state index >= 15 is 0 Å². The summed E-state index contributed by atoms with van der Waals surface area (Å²) in [6, 6.07) is 13.6. The third kappa shape index (κ3) is 4.13. The molecule has 1 unspecified atom stereocenters. The number of rotatable bonds is 6. The molecule has 2 N–H and O–H groups in total. The van der Waals surface area contributed by atoms with E-state index in [4.69, 9.17) is 16.3 Å². The van der Waals surface area contributed by atoms with E-state index < -0.39 is 0 Å². The Kier molecular flexibility index (Phi) is 5.48. The van der Waals surface area contributed by atoms with Crippen LogP contribution in [0.3, 0.4) is 0 Å². The van der Waals surface area contributed by atoms with E-state index in [1.807, 2.05) is 30.3 Å². The molecule has 112 valence electrons. The Morgan fingerprint density at radius 3 is 2.62 bits per heavy atom.